The van der Waals surface area contributed by atoms with Crippen LogP contribution in [0, 0.1) is 0 Å². The van der Waals surface area contributed by atoms with Crippen molar-refractivity contribution in [3.8, 4) is 0 Å². The summed E-state index contributed by atoms with van der Waals surface area (Å²) in [6.07, 6.45) is 2.99. The van der Waals surface area contributed by atoms with Gasteiger partial charge in [0.1, 0.15) is 0 Å². The first-order valence-electron chi connectivity index (χ1n) is 9.48. The van der Waals surface area contributed by atoms with Crippen LogP contribution < -0.4 is 5.32 Å². The summed E-state index contributed by atoms with van der Waals surface area (Å²) in [7, 11) is -1.66. The fourth-order valence-corrected chi connectivity index (χ4v) is 4.43. The van der Waals surface area contributed by atoms with E-state index < -0.39 is 22.5 Å². The van der Waals surface area contributed by atoms with Gasteiger partial charge < -0.3 is 10.1 Å². The predicted molar refractivity (Wildman–Crippen MR) is 112 cm³/mol. The van der Waals surface area contributed by atoms with E-state index in [0.29, 0.717) is 23.5 Å². The van der Waals surface area contributed by atoms with E-state index in [1.165, 1.54) is 23.7 Å². The lowest BCUT2D eigenvalue weighted by Crippen LogP contribution is -2.21. The average Bonchev–Trinajstić information content (AvgIpc) is 3.21. The molecule has 10 heteroatoms. The predicted octanol–water partition coefficient (Wildman–Crippen LogP) is 5.22. The number of carbonyl (C=O) groups excluding carboxylic acids is 1. The Kier molecular flexibility index (Phi) is 9.44. The molecule has 1 aliphatic heterocycles. The van der Waals surface area contributed by atoms with Crippen molar-refractivity contribution in [3.63, 3.8) is 0 Å². The van der Waals surface area contributed by atoms with E-state index >= 15 is 0 Å². The topological polar surface area (TPSA) is 68.3 Å². The summed E-state index contributed by atoms with van der Waals surface area (Å²) in [4.78, 5) is 13.4. The SMILES string of the molecule is CC(CC1CCCCO1)c1ccc(S(C)=O)c(C(F)(F)F)c1.O=CNc1nccs1. The van der Waals surface area contributed by atoms with E-state index in [9.17, 15) is 22.2 Å². The molecule has 166 valence electrons. The number of carbonyl (C=O) groups is 1. The lowest BCUT2D eigenvalue weighted by atomic mass is 9.91. The number of nitrogens with one attached hydrogen (secondary N) is 1. The quantitative estimate of drug-likeness (QED) is 0.598. The minimum Gasteiger partial charge on any atom is -0.378 e. The van der Waals surface area contributed by atoms with Gasteiger partial charge in [0.2, 0.25) is 6.41 Å². The van der Waals surface area contributed by atoms with E-state index in [4.69, 9.17) is 4.74 Å². The molecule has 0 radical (unpaired) electrons. The van der Waals surface area contributed by atoms with Crippen LogP contribution in [0.4, 0.5) is 18.3 Å². The Balaban J connectivity index is 0.000000335. The minimum atomic E-state index is -4.49. The van der Waals surface area contributed by atoms with E-state index in [-0.39, 0.29) is 16.9 Å². The fourth-order valence-electron chi connectivity index (χ4n) is 3.20. The molecule has 3 unspecified atom stereocenters. The van der Waals surface area contributed by atoms with Crippen molar-refractivity contribution >= 4 is 33.7 Å². The number of nitrogens with zero attached hydrogens (tertiary/aromatic N) is 1. The molecule has 0 saturated carbocycles. The van der Waals surface area contributed by atoms with E-state index in [1.807, 2.05) is 6.92 Å². The highest BCUT2D eigenvalue weighted by Crippen LogP contribution is 2.36. The Morgan fingerprint density at radius 1 is 1.40 bits per heavy atom. The first-order valence-corrected chi connectivity index (χ1v) is 11.9. The van der Waals surface area contributed by atoms with Crippen molar-refractivity contribution < 1.29 is 26.9 Å². The van der Waals surface area contributed by atoms with Crippen LogP contribution in [0.2, 0.25) is 0 Å². The molecule has 1 saturated heterocycles. The number of hydrogen-bond acceptors (Lipinski definition) is 5. The number of amides is 1. The Morgan fingerprint density at radius 3 is 2.70 bits per heavy atom. The summed E-state index contributed by atoms with van der Waals surface area (Å²) in [6, 6.07) is 4.14. The third kappa shape index (κ3) is 7.48. The Hall–Kier alpha value is -1.78. The molecule has 1 amide bonds. The summed E-state index contributed by atoms with van der Waals surface area (Å²) in [6.45, 7) is 2.65. The molecular formula is C20H25F3N2O3S2. The van der Waals surface area contributed by atoms with Crippen molar-refractivity contribution in [2.75, 3.05) is 18.2 Å². The average molecular weight is 463 g/mol. The van der Waals surface area contributed by atoms with Crippen molar-refractivity contribution in [2.45, 2.75) is 55.7 Å². The summed E-state index contributed by atoms with van der Waals surface area (Å²) in [5, 5.41) is 4.85. The second-order valence-electron chi connectivity index (χ2n) is 6.93. The largest absolute Gasteiger partial charge is 0.417 e. The van der Waals surface area contributed by atoms with Gasteiger partial charge in [-0.15, -0.1) is 11.3 Å². The van der Waals surface area contributed by atoms with Gasteiger partial charge in [-0.05, 0) is 49.3 Å². The molecule has 0 spiro atoms. The first-order chi connectivity index (χ1) is 14.2. The number of hydrogen-bond donors (Lipinski definition) is 1. The molecule has 3 atom stereocenters. The summed E-state index contributed by atoms with van der Waals surface area (Å²) < 4.78 is 56.6. The Bertz CT molecular complexity index is 823. The van der Waals surface area contributed by atoms with Crippen LogP contribution in [0.3, 0.4) is 0 Å². The summed E-state index contributed by atoms with van der Waals surface area (Å²) >= 11 is 1.39. The maximum absolute atomic E-state index is 13.2. The zero-order chi connectivity index (χ0) is 22.1. The second kappa shape index (κ2) is 11.6. The molecule has 0 aliphatic carbocycles. The molecule has 2 aromatic rings. The minimum absolute atomic E-state index is 0.0245. The van der Waals surface area contributed by atoms with Crippen LogP contribution in [-0.2, 0) is 26.5 Å². The molecule has 0 bridgehead atoms. The van der Waals surface area contributed by atoms with Crippen LogP contribution in [0.1, 0.15) is 49.7 Å². The van der Waals surface area contributed by atoms with E-state index in [2.05, 4.69) is 10.3 Å². The molecule has 30 heavy (non-hydrogen) atoms. The van der Waals surface area contributed by atoms with Crippen molar-refractivity contribution in [1.29, 1.82) is 0 Å². The zero-order valence-corrected chi connectivity index (χ0v) is 18.4. The number of anilines is 1. The third-order valence-electron chi connectivity index (χ3n) is 4.69. The monoisotopic (exact) mass is 462 g/mol. The van der Waals surface area contributed by atoms with Gasteiger partial charge in [-0.3, -0.25) is 9.00 Å². The van der Waals surface area contributed by atoms with Crippen LogP contribution in [-0.4, -0.2) is 34.6 Å². The van der Waals surface area contributed by atoms with Gasteiger partial charge in [0, 0.05) is 24.4 Å². The molecule has 1 aromatic carbocycles. The van der Waals surface area contributed by atoms with Crippen molar-refractivity contribution in [3.05, 3.63) is 40.9 Å². The maximum Gasteiger partial charge on any atom is 0.417 e. The highest BCUT2D eigenvalue weighted by atomic mass is 32.2. The van der Waals surface area contributed by atoms with Crippen LogP contribution >= 0.6 is 11.3 Å². The number of halogens is 3. The van der Waals surface area contributed by atoms with Gasteiger partial charge >= 0.3 is 6.18 Å². The van der Waals surface area contributed by atoms with Gasteiger partial charge in [0.05, 0.1) is 27.4 Å². The molecule has 2 heterocycles. The molecule has 5 nitrogen and oxygen atoms in total. The van der Waals surface area contributed by atoms with Gasteiger partial charge in [-0.1, -0.05) is 13.0 Å². The maximum atomic E-state index is 13.2. The fraction of sp³-hybridized carbons (Fsp3) is 0.500. The zero-order valence-electron chi connectivity index (χ0n) is 16.8. The lowest BCUT2D eigenvalue weighted by Gasteiger charge is -2.26. The van der Waals surface area contributed by atoms with E-state index in [1.54, 1.807) is 17.6 Å². The Labute approximate surface area is 180 Å². The molecule has 1 fully saturated rings. The first kappa shape index (κ1) is 24.5. The molecule has 1 N–H and O–H groups in total. The van der Waals surface area contributed by atoms with Crippen molar-refractivity contribution in [1.82, 2.24) is 4.98 Å². The van der Waals surface area contributed by atoms with Gasteiger partial charge in [-0.25, -0.2) is 4.98 Å². The third-order valence-corrected chi connectivity index (χ3v) is 6.37. The summed E-state index contributed by atoms with van der Waals surface area (Å²) in [5.41, 5.74) is -0.169. The molecule has 1 aliphatic rings. The van der Waals surface area contributed by atoms with Crippen LogP contribution in [0.25, 0.3) is 0 Å². The van der Waals surface area contributed by atoms with Gasteiger partial charge in [0.25, 0.3) is 0 Å². The number of ether oxygens (including phenoxy) is 1. The highest BCUT2D eigenvalue weighted by molar-refractivity contribution is 7.84. The number of benzene rings is 1. The van der Waals surface area contributed by atoms with Gasteiger partial charge in [-0.2, -0.15) is 13.2 Å². The second-order valence-corrected chi connectivity index (χ2v) is 9.17. The van der Waals surface area contributed by atoms with Crippen molar-refractivity contribution in [2.24, 2.45) is 0 Å². The molecular weight excluding hydrogens is 437 g/mol. The number of aromatic nitrogens is 1. The van der Waals surface area contributed by atoms with Crippen LogP contribution in [0.5, 0.6) is 0 Å². The normalized spacial score (nSPS) is 18.6. The standard InChI is InChI=1S/C16H21F3O2S.C4H4N2OS/c1-11(9-13-5-3-4-8-21-13)12-6-7-15(22(2)20)14(10-12)16(17,18)19;7-3-6-4-5-1-2-8-4/h6-7,10-11,13H,3-5,8-9H2,1-2H3;1-3H,(H,5,6,7). The summed E-state index contributed by atoms with van der Waals surface area (Å²) in [5.74, 6) is -0.0245. The lowest BCUT2D eigenvalue weighted by molar-refractivity contribution is -0.139. The van der Waals surface area contributed by atoms with Crippen LogP contribution in [0.15, 0.2) is 34.7 Å². The highest BCUT2D eigenvalue weighted by Gasteiger charge is 2.35. The Morgan fingerprint density at radius 2 is 2.17 bits per heavy atom. The molecule has 1 aromatic heterocycles. The van der Waals surface area contributed by atoms with Gasteiger partial charge in [0.15, 0.2) is 5.13 Å². The smallest absolute Gasteiger partial charge is 0.378 e. The van der Waals surface area contributed by atoms with E-state index in [0.717, 1.165) is 31.9 Å². The number of rotatable bonds is 6. The molecule has 3 rings (SSSR count). The number of alkyl halides is 3. The number of thiazole rings is 1.